The van der Waals surface area contributed by atoms with Gasteiger partial charge in [0.05, 0.1) is 11.3 Å². The Morgan fingerprint density at radius 1 is 1.09 bits per heavy atom. The topological polar surface area (TPSA) is 54.9 Å². The van der Waals surface area contributed by atoms with E-state index >= 15 is 0 Å². The van der Waals surface area contributed by atoms with Crippen molar-refractivity contribution in [1.29, 1.82) is 0 Å². The number of benzene rings is 1. The van der Waals surface area contributed by atoms with Gasteiger partial charge >= 0.3 is 0 Å². The van der Waals surface area contributed by atoms with Crippen molar-refractivity contribution < 1.29 is 4.79 Å². The average Bonchev–Trinajstić information content (AvgIpc) is 2.61. The molecule has 114 valence electrons. The van der Waals surface area contributed by atoms with E-state index in [-0.39, 0.29) is 5.91 Å². The van der Waals surface area contributed by atoms with Gasteiger partial charge in [0.2, 0.25) is 0 Å². The molecule has 3 aromatic rings. The Balaban J connectivity index is 1.72. The van der Waals surface area contributed by atoms with E-state index in [2.05, 4.69) is 31.2 Å². The predicted molar refractivity (Wildman–Crippen MR) is 92.8 cm³/mol. The number of nitrogens with zero attached hydrogens (tertiary/aromatic N) is 2. The van der Waals surface area contributed by atoms with Gasteiger partial charge in [-0.25, -0.2) is 0 Å². The summed E-state index contributed by atoms with van der Waals surface area (Å²) in [5.41, 5.74) is 3.39. The fourth-order valence-corrected chi connectivity index (χ4v) is 2.64. The van der Waals surface area contributed by atoms with Gasteiger partial charge in [0, 0.05) is 35.2 Å². The second-order valence-electron chi connectivity index (χ2n) is 4.95. The standard InChI is InChI=1S/C18H14BrN3O/c19-16-6-2-1-5-15(16)18(23)22-11-13-7-9-21-17(10-13)14-4-3-8-20-12-14/h1-10,12H,11H2,(H,22,23). The van der Waals surface area contributed by atoms with Gasteiger partial charge in [-0.1, -0.05) is 12.1 Å². The van der Waals surface area contributed by atoms with Crippen LogP contribution in [0.3, 0.4) is 0 Å². The fraction of sp³-hybridized carbons (Fsp3) is 0.0556. The molecular formula is C18H14BrN3O. The van der Waals surface area contributed by atoms with E-state index in [1.54, 1.807) is 24.7 Å². The average molecular weight is 368 g/mol. The summed E-state index contributed by atoms with van der Waals surface area (Å²) in [5.74, 6) is -0.114. The molecule has 2 heterocycles. The van der Waals surface area contributed by atoms with Crippen LogP contribution < -0.4 is 5.32 Å². The molecule has 23 heavy (non-hydrogen) atoms. The lowest BCUT2D eigenvalue weighted by Crippen LogP contribution is -2.23. The Morgan fingerprint density at radius 2 is 1.96 bits per heavy atom. The Bertz CT molecular complexity index is 821. The minimum Gasteiger partial charge on any atom is -0.348 e. The van der Waals surface area contributed by atoms with Gasteiger partial charge in [-0.3, -0.25) is 14.8 Å². The number of halogens is 1. The van der Waals surface area contributed by atoms with Crippen LogP contribution in [0.1, 0.15) is 15.9 Å². The van der Waals surface area contributed by atoms with E-state index in [0.717, 1.165) is 21.3 Å². The number of carbonyl (C=O) groups excluding carboxylic acids is 1. The number of aromatic nitrogens is 2. The number of nitrogens with one attached hydrogen (secondary N) is 1. The molecule has 0 aliphatic rings. The van der Waals surface area contributed by atoms with Crippen molar-refractivity contribution in [2.24, 2.45) is 0 Å². The van der Waals surface area contributed by atoms with Crippen LogP contribution in [0.5, 0.6) is 0 Å². The van der Waals surface area contributed by atoms with Crippen LogP contribution in [0, 0.1) is 0 Å². The third kappa shape index (κ3) is 3.81. The normalized spacial score (nSPS) is 10.3. The second kappa shape index (κ2) is 7.15. The van der Waals surface area contributed by atoms with Gasteiger partial charge in [0.1, 0.15) is 0 Å². The van der Waals surface area contributed by atoms with Crippen molar-refractivity contribution >= 4 is 21.8 Å². The van der Waals surface area contributed by atoms with Crippen molar-refractivity contribution in [2.45, 2.75) is 6.54 Å². The zero-order chi connectivity index (χ0) is 16.1. The number of pyridine rings is 2. The monoisotopic (exact) mass is 367 g/mol. The molecule has 0 aliphatic heterocycles. The number of carbonyl (C=O) groups is 1. The lowest BCUT2D eigenvalue weighted by molar-refractivity contribution is 0.0950. The second-order valence-corrected chi connectivity index (χ2v) is 5.81. The molecule has 0 atom stereocenters. The molecule has 3 rings (SSSR count). The summed E-state index contributed by atoms with van der Waals surface area (Å²) in [7, 11) is 0. The highest BCUT2D eigenvalue weighted by Crippen LogP contribution is 2.17. The number of hydrogen-bond acceptors (Lipinski definition) is 3. The number of amides is 1. The quantitative estimate of drug-likeness (QED) is 0.762. The van der Waals surface area contributed by atoms with Crippen LogP contribution in [-0.2, 0) is 6.54 Å². The third-order valence-electron chi connectivity index (χ3n) is 3.35. The number of hydrogen-bond donors (Lipinski definition) is 1. The Morgan fingerprint density at radius 3 is 2.74 bits per heavy atom. The SMILES string of the molecule is O=C(NCc1ccnc(-c2cccnc2)c1)c1ccccc1Br. The Labute approximate surface area is 142 Å². The van der Waals surface area contributed by atoms with E-state index in [4.69, 9.17) is 0 Å². The first-order valence-electron chi connectivity index (χ1n) is 7.12. The zero-order valence-corrected chi connectivity index (χ0v) is 13.8. The van der Waals surface area contributed by atoms with Gasteiger partial charge in [0.15, 0.2) is 0 Å². The molecule has 5 heteroatoms. The predicted octanol–water partition coefficient (Wildman–Crippen LogP) is 3.84. The van der Waals surface area contributed by atoms with Crippen LogP contribution >= 0.6 is 15.9 Å². The van der Waals surface area contributed by atoms with Crippen LogP contribution in [-0.4, -0.2) is 15.9 Å². The summed E-state index contributed by atoms with van der Waals surface area (Å²) in [5, 5.41) is 2.92. The van der Waals surface area contributed by atoms with Crippen molar-refractivity contribution in [1.82, 2.24) is 15.3 Å². The summed E-state index contributed by atoms with van der Waals surface area (Å²) in [6, 6.07) is 15.0. The van der Waals surface area contributed by atoms with Gasteiger partial charge < -0.3 is 5.32 Å². The molecule has 0 spiro atoms. The molecule has 1 amide bonds. The molecule has 0 fully saturated rings. The van der Waals surface area contributed by atoms with E-state index in [9.17, 15) is 4.79 Å². The van der Waals surface area contributed by atoms with Crippen molar-refractivity contribution in [3.63, 3.8) is 0 Å². The lowest BCUT2D eigenvalue weighted by atomic mass is 10.1. The van der Waals surface area contributed by atoms with Crippen molar-refractivity contribution in [3.05, 3.63) is 82.7 Å². The summed E-state index contributed by atoms with van der Waals surface area (Å²) in [4.78, 5) is 20.7. The maximum Gasteiger partial charge on any atom is 0.252 e. The lowest BCUT2D eigenvalue weighted by Gasteiger charge is -2.08. The minimum atomic E-state index is -0.114. The van der Waals surface area contributed by atoms with E-state index in [1.807, 2.05) is 42.5 Å². The molecule has 0 saturated heterocycles. The van der Waals surface area contributed by atoms with Crippen LogP contribution in [0.15, 0.2) is 71.6 Å². The molecule has 0 unspecified atom stereocenters. The highest BCUT2D eigenvalue weighted by Gasteiger charge is 2.09. The highest BCUT2D eigenvalue weighted by atomic mass is 79.9. The molecule has 2 aromatic heterocycles. The van der Waals surface area contributed by atoms with Crippen LogP contribution in [0.4, 0.5) is 0 Å². The first-order valence-corrected chi connectivity index (χ1v) is 7.91. The maximum atomic E-state index is 12.2. The summed E-state index contributed by atoms with van der Waals surface area (Å²) >= 11 is 3.39. The van der Waals surface area contributed by atoms with Crippen LogP contribution in [0.2, 0.25) is 0 Å². The van der Waals surface area contributed by atoms with Crippen molar-refractivity contribution in [2.75, 3.05) is 0 Å². The first kappa shape index (κ1) is 15.4. The molecule has 0 bridgehead atoms. The van der Waals surface area contributed by atoms with E-state index in [0.29, 0.717) is 12.1 Å². The maximum absolute atomic E-state index is 12.2. The van der Waals surface area contributed by atoms with Gasteiger partial charge in [-0.05, 0) is 57.9 Å². The van der Waals surface area contributed by atoms with Crippen LogP contribution in [0.25, 0.3) is 11.3 Å². The summed E-state index contributed by atoms with van der Waals surface area (Å²) < 4.78 is 0.781. The minimum absolute atomic E-state index is 0.114. The number of rotatable bonds is 4. The highest BCUT2D eigenvalue weighted by molar-refractivity contribution is 9.10. The molecule has 0 aliphatic carbocycles. The molecule has 0 saturated carbocycles. The van der Waals surface area contributed by atoms with Gasteiger partial charge in [0.25, 0.3) is 5.91 Å². The fourth-order valence-electron chi connectivity index (χ4n) is 2.18. The van der Waals surface area contributed by atoms with Gasteiger partial charge in [-0.15, -0.1) is 0 Å². The van der Waals surface area contributed by atoms with E-state index < -0.39 is 0 Å². The summed E-state index contributed by atoms with van der Waals surface area (Å²) in [6.07, 6.45) is 5.24. The van der Waals surface area contributed by atoms with E-state index in [1.165, 1.54) is 0 Å². The Kier molecular flexibility index (Phi) is 4.78. The van der Waals surface area contributed by atoms with Crippen molar-refractivity contribution in [3.8, 4) is 11.3 Å². The van der Waals surface area contributed by atoms with Gasteiger partial charge in [-0.2, -0.15) is 0 Å². The largest absolute Gasteiger partial charge is 0.348 e. The Hall–Kier alpha value is -2.53. The molecule has 1 aromatic carbocycles. The molecule has 4 nitrogen and oxygen atoms in total. The smallest absolute Gasteiger partial charge is 0.252 e. The third-order valence-corrected chi connectivity index (χ3v) is 4.04. The summed E-state index contributed by atoms with van der Waals surface area (Å²) in [6.45, 7) is 0.440. The molecule has 1 N–H and O–H groups in total. The molecular weight excluding hydrogens is 354 g/mol. The first-order chi connectivity index (χ1) is 11.2. The zero-order valence-electron chi connectivity index (χ0n) is 12.2. The molecule has 0 radical (unpaired) electrons.